The van der Waals surface area contributed by atoms with Gasteiger partial charge in [0.05, 0.1) is 40.1 Å². The lowest BCUT2D eigenvalue weighted by Gasteiger charge is -2.47. The van der Waals surface area contributed by atoms with Crippen molar-refractivity contribution in [3.63, 3.8) is 0 Å². The van der Waals surface area contributed by atoms with Crippen LogP contribution in [0.1, 0.15) is 18.1 Å². The summed E-state index contributed by atoms with van der Waals surface area (Å²) in [7, 11) is 2.89. The maximum absolute atomic E-state index is 13.5. The summed E-state index contributed by atoms with van der Waals surface area (Å²) >= 11 is 0. The highest BCUT2D eigenvalue weighted by Crippen LogP contribution is 2.33. The predicted octanol–water partition coefficient (Wildman–Crippen LogP) is -2.59. The highest BCUT2D eigenvalue weighted by atomic mass is 16.8. The van der Waals surface area contributed by atoms with E-state index in [1.165, 1.54) is 45.4 Å². The van der Waals surface area contributed by atoms with Crippen molar-refractivity contribution in [2.75, 3.05) is 34.0 Å². The Morgan fingerprint density at radius 2 is 1.37 bits per heavy atom. The zero-order valence-electron chi connectivity index (χ0n) is 31.2. The normalized spacial score (nSPS) is 35.9. The number of rotatable bonds is 15. The van der Waals surface area contributed by atoms with E-state index in [0.29, 0.717) is 22.6 Å². The van der Waals surface area contributed by atoms with Gasteiger partial charge in [0, 0.05) is 6.08 Å². The summed E-state index contributed by atoms with van der Waals surface area (Å²) in [5.41, 5.74) is 1.02. The Kier molecular flexibility index (Phi) is 15.4. The minimum Gasteiger partial charge on any atom is -0.504 e. The predicted molar refractivity (Wildman–Crippen MR) is 190 cm³/mol. The van der Waals surface area contributed by atoms with Crippen LogP contribution in [0, 0.1) is 0 Å². The Bertz CT molecular complexity index is 1640. The van der Waals surface area contributed by atoms with E-state index in [-0.39, 0.29) is 24.5 Å². The Balaban J connectivity index is 1.44. The lowest BCUT2D eigenvalue weighted by atomic mass is 9.96. The van der Waals surface area contributed by atoms with E-state index in [4.69, 9.17) is 42.6 Å². The van der Waals surface area contributed by atoms with Gasteiger partial charge in [0.15, 0.2) is 48.0 Å². The summed E-state index contributed by atoms with van der Waals surface area (Å²) < 4.78 is 51.1. The fraction of sp³-hybridized carbons (Fsp3) is 0.595. The van der Waals surface area contributed by atoms with Crippen LogP contribution in [0.3, 0.4) is 0 Å². The molecule has 0 saturated carbocycles. The lowest BCUT2D eigenvalue weighted by molar-refractivity contribution is -0.364. The summed E-state index contributed by atoms with van der Waals surface area (Å²) in [5.74, 6) is -0.914. The van der Waals surface area contributed by atoms with Crippen LogP contribution in [-0.2, 0) is 44.4 Å². The van der Waals surface area contributed by atoms with E-state index in [1.807, 2.05) is 0 Å². The molecule has 5 rings (SSSR count). The van der Waals surface area contributed by atoms with Crippen LogP contribution in [0.4, 0.5) is 0 Å². The van der Waals surface area contributed by atoms with Gasteiger partial charge in [-0.25, -0.2) is 4.79 Å². The molecular formula is C37H50O20. The molecule has 3 aliphatic heterocycles. The number of benzene rings is 2. The molecule has 0 unspecified atom stereocenters. The number of aromatic hydroxyl groups is 2. The van der Waals surface area contributed by atoms with Gasteiger partial charge in [0.2, 0.25) is 0 Å². The molecule has 15 atom stereocenters. The molecule has 57 heavy (non-hydrogen) atoms. The van der Waals surface area contributed by atoms with Crippen LogP contribution in [0.15, 0.2) is 42.5 Å². The minimum atomic E-state index is -1.86. The van der Waals surface area contributed by atoms with Crippen LogP contribution in [0.5, 0.6) is 23.0 Å². The molecule has 20 heteroatoms. The standard InChI is InChI=1S/C37H50O20/c1-16-26(42)28(44)31(47)37(53-16)57-34-32(48)36(51-11-10-18-4-7-19(39)20(40)12-18)55-24(15-52-35-30(46)29(45)27(43)23(14-38)54-35)33(34)56-25(41)9-6-17-5-8-21(49-2)22(13-17)50-3/h4-9,12-13,16,23-24,26-40,42-48H,10-11,14-15H2,1-3H3/t16-,23+,24-,26+,27+,28+,29+,30+,31-,32-,33+,34+,35-,36+,37-/m1/s1. The molecule has 10 N–H and O–H groups in total. The van der Waals surface area contributed by atoms with Crippen molar-refractivity contribution in [1.29, 1.82) is 0 Å². The maximum Gasteiger partial charge on any atom is 0.331 e. The number of esters is 1. The molecular weight excluding hydrogens is 764 g/mol. The number of hydrogen-bond acceptors (Lipinski definition) is 20. The molecule has 3 saturated heterocycles. The van der Waals surface area contributed by atoms with Crippen molar-refractivity contribution in [2.45, 2.75) is 105 Å². The second-order valence-electron chi connectivity index (χ2n) is 13.6. The summed E-state index contributed by atoms with van der Waals surface area (Å²) in [6.07, 6.45) is -21.9. The molecule has 0 bridgehead atoms. The molecule has 3 aliphatic rings. The maximum atomic E-state index is 13.5. The van der Waals surface area contributed by atoms with Gasteiger partial charge in [-0.1, -0.05) is 12.1 Å². The Morgan fingerprint density at radius 3 is 2.05 bits per heavy atom. The number of methoxy groups -OCH3 is 2. The van der Waals surface area contributed by atoms with E-state index in [9.17, 15) is 55.9 Å². The van der Waals surface area contributed by atoms with Gasteiger partial charge in [-0.15, -0.1) is 0 Å². The van der Waals surface area contributed by atoms with Crippen molar-refractivity contribution in [3.05, 3.63) is 53.6 Å². The quantitative estimate of drug-likeness (QED) is 0.0501. The van der Waals surface area contributed by atoms with Gasteiger partial charge in [0.25, 0.3) is 0 Å². The van der Waals surface area contributed by atoms with Crippen molar-refractivity contribution in [3.8, 4) is 23.0 Å². The van der Waals surface area contributed by atoms with E-state index < -0.39 is 111 Å². The number of phenolic OH excluding ortho intramolecular Hbond substituents is 2. The first kappa shape index (κ1) is 44.4. The smallest absolute Gasteiger partial charge is 0.331 e. The molecule has 3 heterocycles. The van der Waals surface area contributed by atoms with E-state index in [2.05, 4.69) is 0 Å². The highest BCUT2D eigenvalue weighted by Gasteiger charge is 2.53. The molecule has 2 aromatic rings. The number of aliphatic hydroxyl groups is 8. The second-order valence-corrected chi connectivity index (χ2v) is 13.6. The fourth-order valence-corrected chi connectivity index (χ4v) is 6.45. The van der Waals surface area contributed by atoms with E-state index in [1.54, 1.807) is 18.2 Å². The average Bonchev–Trinajstić information content (AvgIpc) is 3.20. The molecule has 318 valence electrons. The number of carbonyl (C=O) groups excluding carboxylic acids is 1. The number of ether oxygens (including phenoxy) is 9. The molecule has 0 aromatic heterocycles. The molecule has 0 amide bonds. The van der Waals surface area contributed by atoms with Crippen molar-refractivity contribution in [1.82, 2.24) is 0 Å². The summed E-state index contributed by atoms with van der Waals surface area (Å²) in [6, 6.07) is 8.92. The molecule has 3 fully saturated rings. The molecule has 0 spiro atoms. The topological polar surface area (TPSA) is 302 Å². The van der Waals surface area contributed by atoms with Crippen molar-refractivity contribution < 1.29 is 98.5 Å². The molecule has 0 aliphatic carbocycles. The zero-order chi connectivity index (χ0) is 41.6. The monoisotopic (exact) mass is 814 g/mol. The van der Waals surface area contributed by atoms with Gasteiger partial charge in [-0.2, -0.15) is 0 Å². The van der Waals surface area contributed by atoms with Crippen LogP contribution < -0.4 is 9.47 Å². The summed E-state index contributed by atoms with van der Waals surface area (Å²) in [5, 5.41) is 104. The average molecular weight is 815 g/mol. The third kappa shape index (κ3) is 10.5. The first-order valence-electron chi connectivity index (χ1n) is 18.0. The summed E-state index contributed by atoms with van der Waals surface area (Å²) in [6.45, 7) is -0.167. The highest BCUT2D eigenvalue weighted by molar-refractivity contribution is 5.87. The number of hydrogen-bond donors (Lipinski definition) is 10. The SMILES string of the molecule is COc1ccc(C=CC(=O)O[C@@H]2[C@@H](O[C@H]3O[C@H](C)[C@H](O)[C@H](O)[C@H]3O)[C@@H](O)[C@@H](OCCc3ccc(O)c(O)c3)O[C@@H]2CO[C@@H]2O[C@@H](CO)[C@H](O)[C@H](O)[C@@H]2O)cc1OC. The first-order chi connectivity index (χ1) is 27.2. The number of carbonyl (C=O) groups is 1. The Morgan fingerprint density at radius 1 is 0.702 bits per heavy atom. The van der Waals surface area contributed by atoms with E-state index in [0.717, 1.165) is 6.08 Å². The van der Waals surface area contributed by atoms with Gasteiger partial charge in [0.1, 0.15) is 61.0 Å². The minimum absolute atomic E-state index is 0.128. The van der Waals surface area contributed by atoms with Gasteiger partial charge >= 0.3 is 5.97 Å². The van der Waals surface area contributed by atoms with Crippen molar-refractivity contribution in [2.24, 2.45) is 0 Å². The van der Waals surface area contributed by atoms with E-state index >= 15 is 0 Å². The fourth-order valence-electron chi connectivity index (χ4n) is 6.45. The number of aliphatic hydroxyl groups excluding tert-OH is 8. The van der Waals surface area contributed by atoms with Gasteiger partial charge < -0.3 is 93.7 Å². The summed E-state index contributed by atoms with van der Waals surface area (Å²) in [4.78, 5) is 13.5. The van der Waals surface area contributed by atoms with Crippen LogP contribution in [0.25, 0.3) is 6.08 Å². The first-order valence-corrected chi connectivity index (χ1v) is 18.0. The Hall–Kier alpha value is -3.71. The van der Waals surface area contributed by atoms with Crippen LogP contribution in [0.2, 0.25) is 0 Å². The molecule has 0 radical (unpaired) electrons. The van der Waals surface area contributed by atoms with Crippen molar-refractivity contribution >= 4 is 12.0 Å². The Labute approximate surface area is 326 Å². The molecule has 2 aromatic carbocycles. The largest absolute Gasteiger partial charge is 0.504 e. The third-order valence-corrected chi connectivity index (χ3v) is 9.77. The van der Waals surface area contributed by atoms with Gasteiger partial charge in [-0.3, -0.25) is 0 Å². The van der Waals surface area contributed by atoms with Gasteiger partial charge in [-0.05, 0) is 54.8 Å². The third-order valence-electron chi connectivity index (χ3n) is 9.77. The van der Waals surface area contributed by atoms with Crippen LogP contribution >= 0.6 is 0 Å². The lowest BCUT2D eigenvalue weighted by Crippen LogP contribution is -2.65. The second kappa shape index (κ2) is 19.8. The van der Waals surface area contributed by atoms with Crippen LogP contribution in [-0.4, -0.2) is 183 Å². The number of phenols is 2. The molecule has 20 nitrogen and oxygen atoms in total. The zero-order valence-corrected chi connectivity index (χ0v) is 31.2.